The van der Waals surface area contributed by atoms with Crippen LogP contribution in [0.2, 0.25) is 0 Å². The van der Waals surface area contributed by atoms with E-state index in [0.29, 0.717) is 19.1 Å². The second-order valence-corrected chi connectivity index (χ2v) is 8.22. The predicted molar refractivity (Wildman–Crippen MR) is 132 cm³/mol. The maximum Gasteiger partial charge on any atom is 0.181 e. The zero-order chi connectivity index (χ0) is 23.6. The highest BCUT2D eigenvalue weighted by Gasteiger charge is 2.26. The molecule has 0 radical (unpaired) electrons. The normalized spacial score (nSPS) is 11.9. The summed E-state index contributed by atoms with van der Waals surface area (Å²) in [5.41, 5.74) is 5.81. The van der Waals surface area contributed by atoms with Gasteiger partial charge in [0.15, 0.2) is 18.9 Å². The number of hydrogen-bond acceptors (Lipinski definition) is 4. The van der Waals surface area contributed by atoms with Crippen molar-refractivity contribution in [3.63, 3.8) is 0 Å². The summed E-state index contributed by atoms with van der Waals surface area (Å²) in [6.45, 7) is 7.86. The zero-order valence-corrected chi connectivity index (χ0v) is 20.4. The van der Waals surface area contributed by atoms with Crippen molar-refractivity contribution in [3.05, 3.63) is 71.8 Å². The molecule has 0 amide bonds. The van der Waals surface area contributed by atoms with Crippen LogP contribution in [0.15, 0.2) is 55.1 Å². The van der Waals surface area contributed by atoms with Crippen molar-refractivity contribution in [1.82, 2.24) is 4.98 Å². The van der Waals surface area contributed by atoms with Gasteiger partial charge in [0, 0.05) is 31.1 Å². The van der Waals surface area contributed by atoms with E-state index >= 15 is 0 Å². The minimum absolute atomic E-state index is 0.212. The van der Waals surface area contributed by atoms with Crippen molar-refractivity contribution in [2.75, 3.05) is 20.3 Å². The van der Waals surface area contributed by atoms with Crippen LogP contribution in [0, 0.1) is 0 Å². The summed E-state index contributed by atoms with van der Waals surface area (Å²) in [4.78, 5) is 4.11. The molecule has 3 rings (SSSR count). The van der Waals surface area contributed by atoms with Gasteiger partial charge >= 0.3 is 0 Å². The molecule has 3 aromatic rings. The lowest BCUT2D eigenvalue weighted by Gasteiger charge is -2.24. The van der Waals surface area contributed by atoms with E-state index in [9.17, 15) is 5.11 Å². The molecular formula is C28H37N2O3+. The first-order chi connectivity index (χ1) is 16.2. The van der Waals surface area contributed by atoms with Crippen LogP contribution in [-0.2, 0) is 13.0 Å². The highest BCUT2D eigenvalue weighted by molar-refractivity contribution is 5.61. The third-order valence-electron chi connectivity index (χ3n) is 6.19. The van der Waals surface area contributed by atoms with Gasteiger partial charge in [0.2, 0.25) is 0 Å². The van der Waals surface area contributed by atoms with E-state index in [-0.39, 0.29) is 6.61 Å². The number of aromatic nitrogens is 2. The summed E-state index contributed by atoms with van der Waals surface area (Å²) in [6, 6.07) is 10.6. The Kier molecular flexibility index (Phi) is 9.25. The monoisotopic (exact) mass is 449 g/mol. The molecule has 2 heterocycles. The topological polar surface area (TPSA) is 55.5 Å². The summed E-state index contributed by atoms with van der Waals surface area (Å²) in [6.07, 6.45) is 11.5. The van der Waals surface area contributed by atoms with E-state index in [4.69, 9.17) is 9.47 Å². The number of aliphatic hydroxyl groups is 1. The second kappa shape index (κ2) is 12.4. The fourth-order valence-corrected chi connectivity index (χ4v) is 4.47. The number of nitrogens with zero attached hydrogens (tertiary/aromatic N) is 2. The van der Waals surface area contributed by atoms with Crippen molar-refractivity contribution >= 4 is 0 Å². The van der Waals surface area contributed by atoms with Crippen LogP contribution in [0.4, 0.5) is 0 Å². The molecule has 5 nitrogen and oxygen atoms in total. The molecule has 1 unspecified atom stereocenters. The first-order valence-corrected chi connectivity index (χ1v) is 12.0. The van der Waals surface area contributed by atoms with Gasteiger partial charge in [-0.3, -0.25) is 4.98 Å². The molecular weight excluding hydrogens is 412 g/mol. The van der Waals surface area contributed by atoms with Crippen molar-refractivity contribution in [2.24, 2.45) is 0 Å². The van der Waals surface area contributed by atoms with Crippen LogP contribution in [-0.4, -0.2) is 30.4 Å². The molecule has 33 heavy (non-hydrogen) atoms. The third-order valence-corrected chi connectivity index (χ3v) is 6.19. The molecule has 1 N–H and O–H groups in total. The van der Waals surface area contributed by atoms with Gasteiger partial charge < -0.3 is 14.6 Å². The number of methoxy groups -OCH3 is 1. The summed E-state index contributed by atoms with van der Waals surface area (Å²) >= 11 is 0. The van der Waals surface area contributed by atoms with Crippen LogP contribution in [0.3, 0.4) is 0 Å². The van der Waals surface area contributed by atoms with Crippen LogP contribution >= 0.6 is 0 Å². The summed E-state index contributed by atoms with van der Waals surface area (Å²) in [5.74, 6) is 2.18. The van der Waals surface area contributed by atoms with E-state index < -0.39 is 0 Å². The molecule has 0 aliphatic carbocycles. The van der Waals surface area contributed by atoms with E-state index in [1.165, 1.54) is 11.1 Å². The van der Waals surface area contributed by atoms with Gasteiger partial charge in [-0.2, -0.15) is 0 Å². The minimum atomic E-state index is 0.212. The van der Waals surface area contributed by atoms with Crippen LogP contribution in [0.5, 0.6) is 11.5 Å². The fraction of sp³-hybridized carbons (Fsp3) is 0.429. The molecule has 0 aliphatic heterocycles. The molecule has 176 valence electrons. The highest BCUT2D eigenvalue weighted by atomic mass is 16.5. The first kappa shape index (κ1) is 24.7. The molecule has 0 saturated carbocycles. The van der Waals surface area contributed by atoms with Crippen molar-refractivity contribution in [2.45, 2.75) is 58.9 Å². The van der Waals surface area contributed by atoms with Gasteiger partial charge in [-0.25, -0.2) is 4.57 Å². The van der Waals surface area contributed by atoms with E-state index in [1.807, 2.05) is 31.5 Å². The summed E-state index contributed by atoms with van der Waals surface area (Å²) < 4.78 is 14.4. The third kappa shape index (κ3) is 5.91. The van der Waals surface area contributed by atoms with Crippen molar-refractivity contribution in [1.29, 1.82) is 0 Å². The van der Waals surface area contributed by atoms with Gasteiger partial charge in [-0.15, -0.1) is 0 Å². The lowest BCUT2D eigenvalue weighted by Crippen LogP contribution is -2.34. The molecule has 0 spiro atoms. The van der Waals surface area contributed by atoms with E-state index in [0.717, 1.165) is 53.9 Å². The van der Waals surface area contributed by atoms with Gasteiger partial charge in [0.05, 0.1) is 13.7 Å². The highest BCUT2D eigenvalue weighted by Crippen LogP contribution is 2.42. The van der Waals surface area contributed by atoms with Gasteiger partial charge in [0.25, 0.3) is 0 Å². The number of hydrogen-bond donors (Lipinski definition) is 1. The SMILES string of the molecule is CCOc1c(C(CC)CCCO)cc(CC)c(OC)c1C[n+]1ccc(-c2ccncc2)cc1. The molecule has 1 atom stereocenters. The van der Waals surface area contributed by atoms with Crippen LogP contribution in [0.1, 0.15) is 62.6 Å². The Morgan fingerprint density at radius 3 is 2.27 bits per heavy atom. The number of aliphatic hydroxyl groups excluding tert-OH is 1. The standard InChI is InChI=1S/C28H37N2O3/c1-5-21(9-8-18-31)25-19-22(6-2)27(32-4)26(28(25)33-7-3)20-30-16-12-24(13-17-30)23-10-14-29-15-11-23/h10-17,19,21,31H,5-9,18,20H2,1-4H3/q+1. The van der Waals surface area contributed by atoms with Gasteiger partial charge in [-0.05, 0) is 79.0 Å². The smallest absolute Gasteiger partial charge is 0.181 e. The molecule has 0 fully saturated rings. The van der Waals surface area contributed by atoms with Gasteiger partial charge in [0.1, 0.15) is 17.1 Å². The number of aryl methyl sites for hydroxylation is 1. The average Bonchev–Trinajstić information content (AvgIpc) is 2.86. The number of ether oxygens (including phenoxy) is 2. The second-order valence-electron chi connectivity index (χ2n) is 8.22. The summed E-state index contributed by atoms with van der Waals surface area (Å²) in [5, 5.41) is 9.41. The van der Waals surface area contributed by atoms with E-state index in [2.05, 4.69) is 54.0 Å². The maximum absolute atomic E-state index is 9.41. The molecule has 0 saturated heterocycles. The Hall–Kier alpha value is -2.92. The lowest BCUT2D eigenvalue weighted by molar-refractivity contribution is -0.688. The Morgan fingerprint density at radius 1 is 1.00 bits per heavy atom. The van der Waals surface area contributed by atoms with Crippen LogP contribution < -0.4 is 14.0 Å². The fourth-order valence-electron chi connectivity index (χ4n) is 4.47. The molecule has 0 bridgehead atoms. The van der Waals surface area contributed by atoms with Crippen LogP contribution in [0.25, 0.3) is 11.1 Å². The first-order valence-electron chi connectivity index (χ1n) is 12.0. The van der Waals surface area contributed by atoms with Crippen molar-refractivity contribution < 1.29 is 19.1 Å². The average molecular weight is 450 g/mol. The Labute approximate surface area is 198 Å². The number of benzene rings is 1. The van der Waals surface area contributed by atoms with Gasteiger partial charge in [-0.1, -0.05) is 13.8 Å². The maximum atomic E-state index is 9.41. The molecule has 2 aromatic heterocycles. The largest absolute Gasteiger partial charge is 0.496 e. The molecule has 5 heteroatoms. The quantitative estimate of drug-likeness (QED) is 0.380. The molecule has 0 aliphatic rings. The Morgan fingerprint density at radius 2 is 1.70 bits per heavy atom. The number of rotatable bonds is 12. The summed E-state index contributed by atoms with van der Waals surface area (Å²) in [7, 11) is 1.74. The number of pyridine rings is 2. The Bertz CT molecular complexity index is 1000. The van der Waals surface area contributed by atoms with Crippen molar-refractivity contribution in [3.8, 4) is 22.6 Å². The molecule has 1 aromatic carbocycles. The predicted octanol–water partition coefficient (Wildman–Crippen LogP) is 5.32. The minimum Gasteiger partial charge on any atom is -0.496 e. The van der Waals surface area contributed by atoms with E-state index in [1.54, 1.807) is 7.11 Å². The zero-order valence-electron chi connectivity index (χ0n) is 20.4. The lowest BCUT2D eigenvalue weighted by atomic mass is 9.87. The Balaban J connectivity index is 2.05.